The second kappa shape index (κ2) is 3.29. The number of nitrogens with one attached hydrogen (secondary N) is 1. The summed E-state index contributed by atoms with van der Waals surface area (Å²) in [5.41, 5.74) is 1.54. The molecule has 0 saturated carbocycles. The van der Waals surface area contributed by atoms with Crippen LogP contribution in [0.2, 0.25) is 0 Å². The number of fused-ring (bicyclic) bond motifs is 1. The Labute approximate surface area is 88.9 Å². The van der Waals surface area contributed by atoms with Gasteiger partial charge >= 0.3 is 0 Å². The highest BCUT2D eigenvalue weighted by Gasteiger charge is 2.26. The van der Waals surface area contributed by atoms with E-state index in [2.05, 4.69) is 5.32 Å². The average molecular weight is 208 g/mol. The van der Waals surface area contributed by atoms with Gasteiger partial charge in [0.1, 0.15) is 11.8 Å². The van der Waals surface area contributed by atoms with Crippen molar-refractivity contribution in [2.75, 3.05) is 5.32 Å². The molecular formula is C11H16N2O2. The third-order valence-corrected chi connectivity index (χ3v) is 2.89. The van der Waals surface area contributed by atoms with Crippen LogP contribution < -0.4 is 15.6 Å². The molecule has 2 rings (SSSR count). The molecule has 4 heteroatoms. The summed E-state index contributed by atoms with van der Waals surface area (Å²) < 4.78 is 7.31. The van der Waals surface area contributed by atoms with Gasteiger partial charge in [0.05, 0.1) is 6.04 Å². The summed E-state index contributed by atoms with van der Waals surface area (Å²) in [6.45, 7) is 5.95. The molecule has 82 valence electrons. The number of nitrogens with zero attached hydrogens (tertiary/aromatic N) is 1. The lowest BCUT2D eigenvalue weighted by Crippen LogP contribution is -2.40. The van der Waals surface area contributed by atoms with Gasteiger partial charge in [0.25, 0.3) is 5.56 Å². The number of anilines is 1. The van der Waals surface area contributed by atoms with Crippen LogP contribution in [0.1, 0.15) is 19.4 Å². The zero-order chi connectivity index (χ0) is 11.2. The first-order valence-corrected chi connectivity index (χ1v) is 5.14. The van der Waals surface area contributed by atoms with Crippen molar-refractivity contribution in [1.29, 1.82) is 0 Å². The maximum Gasteiger partial charge on any atom is 0.277 e. The van der Waals surface area contributed by atoms with E-state index < -0.39 is 0 Å². The lowest BCUT2D eigenvalue weighted by Gasteiger charge is -2.31. The molecule has 0 radical (unpaired) electrons. The number of rotatable bonds is 0. The molecule has 0 spiro atoms. The fourth-order valence-electron chi connectivity index (χ4n) is 1.79. The van der Waals surface area contributed by atoms with Crippen LogP contribution in [0, 0.1) is 6.92 Å². The van der Waals surface area contributed by atoms with Crippen molar-refractivity contribution in [3.05, 3.63) is 22.1 Å². The van der Waals surface area contributed by atoms with E-state index in [0.717, 1.165) is 5.56 Å². The van der Waals surface area contributed by atoms with Crippen LogP contribution in [0.25, 0.3) is 0 Å². The summed E-state index contributed by atoms with van der Waals surface area (Å²) in [4.78, 5) is 11.8. The van der Waals surface area contributed by atoms with Crippen molar-refractivity contribution in [2.45, 2.75) is 32.9 Å². The van der Waals surface area contributed by atoms with Gasteiger partial charge in [-0.3, -0.25) is 4.79 Å². The average Bonchev–Trinajstić information content (AvgIpc) is 2.18. The molecule has 1 N–H and O–H groups in total. The smallest absolute Gasteiger partial charge is 0.277 e. The quantitative estimate of drug-likeness (QED) is 0.698. The number of aryl methyl sites for hydroxylation is 2. The van der Waals surface area contributed by atoms with E-state index in [1.54, 1.807) is 17.8 Å². The summed E-state index contributed by atoms with van der Waals surface area (Å²) in [6, 6.07) is 0.159. The van der Waals surface area contributed by atoms with Crippen molar-refractivity contribution < 1.29 is 4.74 Å². The fraction of sp³-hybridized carbons (Fsp3) is 0.545. The molecule has 0 bridgehead atoms. The molecule has 2 unspecified atom stereocenters. The number of hydrogen-bond donors (Lipinski definition) is 1. The van der Waals surface area contributed by atoms with Crippen molar-refractivity contribution >= 4 is 5.69 Å². The highest BCUT2D eigenvalue weighted by molar-refractivity contribution is 5.60. The third kappa shape index (κ3) is 1.50. The van der Waals surface area contributed by atoms with E-state index in [0.29, 0.717) is 11.4 Å². The lowest BCUT2D eigenvalue weighted by molar-refractivity contribution is 0.191. The van der Waals surface area contributed by atoms with Gasteiger partial charge in [0.15, 0.2) is 5.75 Å². The van der Waals surface area contributed by atoms with Gasteiger partial charge in [-0.2, -0.15) is 0 Å². The minimum absolute atomic E-state index is 0.0330. The van der Waals surface area contributed by atoms with Crippen molar-refractivity contribution in [3.8, 4) is 5.75 Å². The minimum Gasteiger partial charge on any atom is -0.486 e. The van der Waals surface area contributed by atoms with Gasteiger partial charge in [-0.15, -0.1) is 0 Å². The van der Waals surface area contributed by atoms with Gasteiger partial charge in [-0.1, -0.05) is 0 Å². The molecule has 0 aliphatic carbocycles. The first-order valence-electron chi connectivity index (χ1n) is 5.14. The van der Waals surface area contributed by atoms with Crippen LogP contribution >= 0.6 is 0 Å². The van der Waals surface area contributed by atoms with E-state index in [1.807, 2.05) is 20.8 Å². The summed E-state index contributed by atoms with van der Waals surface area (Å²) >= 11 is 0. The van der Waals surface area contributed by atoms with Crippen LogP contribution in [0.4, 0.5) is 5.69 Å². The Kier molecular flexibility index (Phi) is 2.21. The predicted octanol–water partition coefficient (Wildman–Crippen LogP) is 1.28. The molecule has 1 aromatic heterocycles. The van der Waals surface area contributed by atoms with E-state index in [9.17, 15) is 4.79 Å². The SMILES string of the molecule is Cc1cn(C)c(=O)c2c1OC(C)C(C)N2. The molecule has 0 fully saturated rings. The standard InChI is InChI=1S/C11H16N2O2/c1-6-5-13(4)11(14)9-10(6)15-8(3)7(2)12-9/h5,7-8,12H,1-4H3. The molecule has 2 atom stereocenters. The van der Waals surface area contributed by atoms with Gasteiger partial charge < -0.3 is 14.6 Å². The Hall–Kier alpha value is -1.45. The summed E-state index contributed by atoms with van der Waals surface area (Å²) in [7, 11) is 1.75. The summed E-state index contributed by atoms with van der Waals surface area (Å²) in [5, 5.41) is 3.20. The molecule has 2 heterocycles. The van der Waals surface area contributed by atoms with E-state index in [4.69, 9.17) is 4.74 Å². The summed E-state index contributed by atoms with van der Waals surface area (Å²) in [5.74, 6) is 0.698. The van der Waals surface area contributed by atoms with Gasteiger partial charge in [-0.05, 0) is 20.8 Å². The zero-order valence-corrected chi connectivity index (χ0v) is 9.50. The van der Waals surface area contributed by atoms with Crippen LogP contribution in [0.15, 0.2) is 11.0 Å². The zero-order valence-electron chi connectivity index (χ0n) is 9.50. The van der Waals surface area contributed by atoms with Gasteiger partial charge in [0.2, 0.25) is 0 Å². The van der Waals surface area contributed by atoms with Crippen molar-refractivity contribution in [1.82, 2.24) is 4.57 Å². The second-order valence-electron chi connectivity index (χ2n) is 4.19. The van der Waals surface area contributed by atoms with Gasteiger partial charge in [-0.25, -0.2) is 0 Å². The van der Waals surface area contributed by atoms with Crippen LogP contribution in [-0.4, -0.2) is 16.7 Å². The Morgan fingerprint density at radius 3 is 2.80 bits per heavy atom. The van der Waals surface area contributed by atoms with Crippen LogP contribution in [0.3, 0.4) is 0 Å². The predicted molar refractivity (Wildman–Crippen MR) is 59.6 cm³/mol. The van der Waals surface area contributed by atoms with E-state index in [1.165, 1.54) is 0 Å². The molecule has 0 saturated heterocycles. The van der Waals surface area contributed by atoms with Crippen molar-refractivity contribution in [2.24, 2.45) is 7.05 Å². The number of aromatic nitrogens is 1. The second-order valence-corrected chi connectivity index (χ2v) is 4.19. The molecule has 1 aliphatic heterocycles. The minimum atomic E-state index is -0.0330. The molecule has 0 aromatic carbocycles. The van der Waals surface area contributed by atoms with E-state index in [-0.39, 0.29) is 17.7 Å². The number of pyridine rings is 1. The first kappa shape index (κ1) is 10.1. The Bertz CT molecular complexity index is 451. The molecule has 0 amide bonds. The Morgan fingerprint density at radius 2 is 2.13 bits per heavy atom. The van der Waals surface area contributed by atoms with E-state index >= 15 is 0 Å². The Morgan fingerprint density at radius 1 is 1.47 bits per heavy atom. The number of hydrogen-bond acceptors (Lipinski definition) is 3. The first-order chi connectivity index (χ1) is 7.00. The topological polar surface area (TPSA) is 43.3 Å². The Balaban J connectivity index is 2.62. The monoisotopic (exact) mass is 208 g/mol. The summed E-state index contributed by atoms with van der Waals surface area (Å²) in [6.07, 6.45) is 1.88. The number of ether oxygens (including phenoxy) is 1. The lowest BCUT2D eigenvalue weighted by atomic mass is 10.1. The van der Waals surface area contributed by atoms with Gasteiger partial charge in [0, 0.05) is 18.8 Å². The highest BCUT2D eigenvalue weighted by Crippen LogP contribution is 2.31. The molecule has 15 heavy (non-hydrogen) atoms. The van der Waals surface area contributed by atoms with Crippen LogP contribution in [0.5, 0.6) is 5.75 Å². The molecule has 1 aliphatic rings. The largest absolute Gasteiger partial charge is 0.486 e. The maximum absolute atomic E-state index is 11.8. The normalized spacial score (nSPS) is 24.0. The fourth-order valence-corrected chi connectivity index (χ4v) is 1.79. The van der Waals surface area contributed by atoms with Crippen LogP contribution in [-0.2, 0) is 7.05 Å². The third-order valence-electron chi connectivity index (χ3n) is 2.89. The molecular weight excluding hydrogens is 192 g/mol. The van der Waals surface area contributed by atoms with Crippen molar-refractivity contribution in [3.63, 3.8) is 0 Å². The molecule has 1 aromatic rings. The molecule has 4 nitrogen and oxygen atoms in total. The maximum atomic E-state index is 11.8. The highest BCUT2D eigenvalue weighted by atomic mass is 16.5.